The molecule has 0 heterocycles. The molecule has 2 spiro atoms. The summed E-state index contributed by atoms with van der Waals surface area (Å²) in [6, 6.07) is 0.588. The third-order valence-electron chi connectivity index (χ3n) is 9.62. The maximum Gasteiger partial charge on any atom is 0.0713 e. The van der Waals surface area contributed by atoms with Crippen LogP contribution in [0.2, 0.25) is 0 Å². The Morgan fingerprint density at radius 1 is 1.00 bits per heavy atom. The largest absolute Gasteiger partial charge is 0.393 e. The van der Waals surface area contributed by atoms with Gasteiger partial charge in [0.05, 0.1) is 11.7 Å². The monoisotopic (exact) mass is 333 g/mol. The van der Waals surface area contributed by atoms with E-state index in [2.05, 4.69) is 19.3 Å². The van der Waals surface area contributed by atoms with Crippen LogP contribution in [0.15, 0.2) is 0 Å². The van der Waals surface area contributed by atoms with Crippen molar-refractivity contribution in [3.8, 4) is 0 Å². The van der Waals surface area contributed by atoms with Crippen LogP contribution in [0, 0.1) is 28.1 Å². The molecule has 0 saturated heterocycles. The zero-order valence-corrected chi connectivity index (χ0v) is 15.5. The minimum atomic E-state index is -0.525. The lowest BCUT2D eigenvalue weighted by molar-refractivity contribution is -0.269. The molecule has 6 rings (SSSR count). The molecule has 6 saturated carbocycles. The minimum Gasteiger partial charge on any atom is -0.393 e. The number of aliphatic hydroxyl groups excluding tert-OH is 1. The van der Waals surface area contributed by atoms with Gasteiger partial charge in [-0.15, -0.1) is 0 Å². The molecule has 4 bridgehead atoms. The van der Waals surface area contributed by atoms with Crippen LogP contribution in [0.5, 0.6) is 0 Å². The Labute approximate surface area is 146 Å². The van der Waals surface area contributed by atoms with E-state index in [4.69, 9.17) is 0 Å². The number of hydrogen-bond donors (Lipinski definition) is 3. The lowest BCUT2D eigenvalue weighted by Crippen LogP contribution is -2.69. The first kappa shape index (κ1) is 16.1. The number of hydrogen-bond acceptors (Lipinski definition) is 3. The standard InChI is InChI=1S/C21H35NO2/c1-18-7-4-9-21(24,12-18)20-10-6-15(22-2)14-5-3-8-19(14,13-20)17(20)16(23)11-18/h14-17,22-24H,3-13H2,1-2H3. The van der Waals surface area contributed by atoms with E-state index in [0.717, 1.165) is 32.1 Å². The molecule has 0 aromatic rings. The van der Waals surface area contributed by atoms with Crippen molar-refractivity contribution in [3.05, 3.63) is 0 Å². The lowest BCUT2D eigenvalue weighted by Gasteiger charge is -2.69. The molecule has 3 nitrogen and oxygen atoms in total. The molecule has 0 aliphatic heterocycles. The van der Waals surface area contributed by atoms with Gasteiger partial charge in [0.1, 0.15) is 0 Å². The van der Waals surface area contributed by atoms with E-state index < -0.39 is 5.60 Å². The highest BCUT2D eigenvalue weighted by atomic mass is 16.3. The van der Waals surface area contributed by atoms with Gasteiger partial charge in [-0.1, -0.05) is 19.8 Å². The van der Waals surface area contributed by atoms with Gasteiger partial charge in [-0.25, -0.2) is 0 Å². The third-order valence-corrected chi connectivity index (χ3v) is 9.62. The van der Waals surface area contributed by atoms with Gasteiger partial charge in [-0.3, -0.25) is 0 Å². The zero-order chi connectivity index (χ0) is 16.8. The molecule has 0 amide bonds. The molecule has 3 N–H and O–H groups in total. The quantitative estimate of drug-likeness (QED) is 0.690. The second-order valence-corrected chi connectivity index (χ2v) is 10.6. The molecule has 0 radical (unpaired) electrons. The van der Waals surface area contributed by atoms with Crippen LogP contribution in [0.1, 0.15) is 77.6 Å². The zero-order valence-electron chi connectivity index (χ0n) is 15.5. The Morgan fingerprint density at radius 2 is 1.83 bits per heavy atom. The van der Waals surface area contributed by atoms with Crippen molar-refractivity contribution < 1.29 is 10.2 Å². The first-order valence-corrected chi connectivity index (χ1v) is 10.5. The van der Waals surface area contributed by atoms with Crippen LogP contribution < -0.4 is 5.32 Å². The summed E-state index contributed by atoms with van der Waals surface area (Å²) in [5.41, 5.74) is -0.0667. The predicted octanol–water partition coefficient (Wildman–Crippen LogP) is 3.24. The molecule has 24 heavy (non-hydrogen) atoms. The molecule has 3 heteroatoms. The lowest BCUT2D eigenvalue weighted by atomic mass is 9.37. The van der Waals surface area contributed by atoms with E-state index in [9.17, 15) is 10.2 Å². The van der Waals surface area contributed by atoms with E-state index in [1.165, 1.54) is 38.5 Å². The average molecular weight is 334 g/mol. The maximum absolute atomic E-state index is 11.9. The van der Waals surface area contributed by atoms with E-state index in [-0.39, 0.29) is 16.9 Å². The summed E-state index contributed by atoms with van der Waals surface area (Å²) in [4.78, 5) is 0. The van der Waals surface area contributed by atoms with E-state index >= 15 is 0 Å². The summed E-state index contributed by atoms with van der Waals surface area (Å²) < 4.78 is 0. The summed E-state index contributed by atoms with van der Waals surface area (Å²) in [6.45, 7) is 2.33. The molecule has 136 valence electrons. The Kier molecular flexibility index (Phi) is 3.20. The van der Waals surface area contributed by atoms with E-state index in [0.29, 0.717) is 23.3 Å². The van der Waals surface area contributed by atoms with Crippen LogP contribution in [-0.4, -0.2) is 35.0 Å². The molecule has 0 aromatic heterocycles. The maximum atomic E-state index is 11.9. The molecule has 8 atom stereocenters. The van der Waals surface area contributed by atoms with Gasteiger partial charge in [0.25, 0.3) is 0 Å². The van der Waals surface area contributed by atoms with Gasteiger partial charge >= 0.3 is 0 Å². The van der Waals surface area contributed by atoms with Crippen LogP contribution in [-0.2, 0) is 0 Å². The smallest absolute Gasteiger partial charge is 0.0713 e. The highest BCUT2D eigenvalue weighted by Crippen LogP contribution is 2.79. The predicted molar refractivity (Wildman–Crippen MR) is 94.5 cm³/mol. The Morgan fingerprint density at radius 3 is 2.62 bits per heavy atom. The third kappa shape index (κ3) is 1.70. The van der Waals surface area contributed by atoms with Crippen molar-refractivity contribution in [1.82, 2.24) is 5.32 Å². The van der Waals surface area contributed by atoms with Crippen molar-refractivity contribution >= 4 is 0 Å². The summed E-state index contributed by atoms with van der Waals surface area (Å²) >= 11 is 0. The van der Waals surface area contributed by atoms with Crippen molar-refractivity contribution in [1.29, 1.82) is 0 Å². The summed E-state index contributed by atoms with van der Waals surface area (Å²) in [7, 11) is 2.12. The van der Waals surface area contributed by atoms with Crippen molar-refractivity contribution in [2.75, 3.05) is 7.05 Å². The second kappa shape index (κ2) is 4.78. The second-order valence-electron chi connectivity index (χ2n) is 10.6. The van der Waals surface area contributed by atoms with Gasteiger partial charge in [-0.2, -0.15) is 0 Å². The van der Waals surface area contributed by atoms with Crippen LogP contribution in [0.3, 0.4) is 0 Å². The van der Waals surface area contributed by atoms with Crippen LogP contribution in [0.4, 0.5) is 0 Å². The molecule has 6 aliphatic carbocycles. The van der Waals surface area contributed by atoms with E-state index in [1.54, 1.807) is 0 Å². The van der Waals surface area contributed by atoms with Gasteiger partial charge < -0.3 is 15.5 Å². The van der Waals surface area contributed by atoms with Crippen LogP contribution in [0.25, 0.3) is 0 Å². The molecule has 6 aliphatic rings. The first-order chi connectivity index (χ1) is 11.4. The highest BCUT2D eigenvalue weighted by molar-refractivity contribution is 5.27. The Bertz CT molecular complexity index is 552. The average Bonchev–Trinajstić information content (AvgIpc) is 2.79. The fourth-order valence-corrected chi connectivity index (χ4v) is 9.11. The number of fused-ring (bicyclic) bond motifs is 4. The first-order valence-electron chi connectivity index (χ1n) is 10.5. The molecular formula is C21H35NO2. The van der Waals surface area contributed by atoms with E-state index in [1.807, 2.05) is 0 Å². The van der Waals surface area contributed by atoms with Gasteiger partial charge in [0.15, 0.2) is 0 Å². The van der Waals surface area contributed by atoms with Gasteiger partial charge in [0, 0.05) is 11.5 Å². The molecule has 0 aromatic carbocycles. The van der Waals surface area contributed by atoms with Crippen LogP contribution >= 0.6 is 0 Å². The SMILES string of the molecule is CNC1CCC23CC4(CCCC14)C2C(O)CC1(C)CCCC3(O)C1. The van der Waals surface area contributed by atoms with Crippen molar-refractivity contribution in [2.45, 2.75) is 95.3 Å². The minimum absolute atomic E-state index is 0.00120. The van der Waals surface area contributed by atoms with Gasteiger partial charge in [-0.05, 0) is 87.5 Å². The number of nitrogens with one attached hydrogen (secondary N) is 1. The summed E-state index contributed by atoms with van der Waals surface area (Å²) in [5, 5.41) is 26.9. The Balaban J connectivity index is 1.64. The van der Waals surface area contributed by atoms with Gasteiger partial charge in [0.2, 0.25) is 0 Å². The molecular weight excluding hydrogens is 298 g/mol. The fourth-order valence-electron chi connectivity index (χ4n) is 9.11. The normalized spacial score (nSPS) is 62.0. The summed E-state index contributed by atoms with van der Waals surface area (Å²) in [5.74, 6) is 1.06. The topological polar surface area (TPSA) is 52.5 Å². The number of aliphatic hydroxyl groups is 2. The molecule has 6 fully saturated rings. The number of rotatable bonds is 1. The molecule has 8 unspecified atom stereocenters. The fraction of sp³-hybridized carbons (Fsp3) is 1.00. The summed E-state index contributed by atoms with van der Waals surface area (Å²) in [6.07, 6.45) is 12.4. The van der Waals surface area contributed by atoms with Crippen molar-refractivity contribution in [3.63, 3.8) is 0 Å². The Hall–Kier alpha value is -0.120. The highest BCUT2D eigenvalue weighted by Gasteiger charge is 2.77. The van der Waals surface area contributed by atoms with Crippen molar-refractivity contribution in [2.24, 2.45) is 28.1 Å².